The lowest BCUT2D eigenvalue weighted by molar-refractivity contribution is -0.160. The van der Waals surface area contributed by atoms with Gasteiger partial charge in [-0.1, -0.05) is 0 Å². The fourth-order valence-corrected chi connectivity index (χ4v) is 1.38. The number of β-lactam (4-membered cyclic amide) rings is 1. The summed E-state index contributed by atoms with van der Waals surface area (Å²) in [6, 6.07) is 0. The van der Waals surface area contributed by atoms with E-state index >= 15 is 0 Å². The summed E-state index contributed by atoms with van der Waals surface area (Å²) in [7, 11) is 0. The summed E-state index contributed by atoms with van der Waals surface area (Å²) in [5.74, 6) is -0.0918. The monoisotopic (exact) mass is 214 g/mol. The molecule has 1 heterocycles. The normalized spacial score (nSPS) is 19.5. The first-order chi connectivity index (χ1) is 6.62. The highest BCUT2D eigenvalue weighted by Crippen LogP contribution is 2.28. The molecule has 1 N–H and O–H groups in total. The van der Waals surface area contributed by atoms with Crippen LogP contribution >= 0.6 is 0 Å². The number of rotatable bonds is 1. The van der Waals surface area contributed by atoms with E-state index in [2.05, 4.69) is 5.43 Å². The molecular formula is C10H18N2O3. The van der Waals surface area contributed by atoms with Crippen LogP contribution in [0, 0.1) is 0 Å². The van der Waals surface area contributed by atoms with E-state index in [-0.39, 0.29) is 11.4 Å². The quantitative estimate of drug-likeness (QED) is 0.672. The summed E-state index contributed by atoms with van der Waals surface area (Å²) in [6.45, 7) is 9.08. The van der Waals surface area contributed by atoms with Crippen LogP contribution < -0.4 is 5.43 Å². The van der Waals surface area contributed by atoms with E-state index in [0.717, 1.165) is 0 Å². The van der Waals surface area contributed by atoms with Crippen molar-refractivity contribution in [2.45, 2.75) is 52.2 Å². The topological polar surface area (TPSA) is 58.6 Å². The van der Waals surface area contributed by atoms with Crippen LogP contribution in [0.4, 0.5) is 4.79 Å². The molecule has 1 aliphatic heterocycles. The van der Waals surface area contributed by atoms with Crippen LogP contribution in [-0.2, 0) is 9.53 Å². The Morgan fingerprint density at radius 1 is 1.47 bits per heavy atom. The van der Waals surface area contributed by atoms with Gasteiger partial charge in [-0.15, -0.1) is 0 Å². The molecule has 0 unspecified atom stereocenters. The number of nitrogens with one attached hydrogen (secondary N) is 1. The number of ether oxygens (including phenoxy) is 1. The van der Waals surface area contributed by atoms with E-state index in [0.29, 0.717) is 6.42 Å². The summed E-state index contributed by atoms with van der Waals surface area (Å²) in [4.78, 5) is 22.6. The SMILES string of the molecule is CC(C)(C)OC(=O)NN1C(=O)CC1(C)C. The molecule has 86 valence electrons. The number of hydrogen-bond acceptors (Lipinski definition) is 3. The van der Waals surface area contributed by atoms with E-state index in [1.807, 2.05) is 13.8 Å². The number of hydrazine groups is 1. The van der Waals surface area contributed by atoms with Gasteiger partial charge in [0.1, 0.15) is 5.60 Å². The van der Waals surface area contributed by atoms with Crippen molar-refractivity contribution in [3.63, 3.8) is 0 Å². The zero-order valence-electron chi connectivity index (χ0n) is 9.88. The van der Waals surface area contributed by atoms with Gasteiger partial charge in [0, 0.05) is 0 Å². The lowest BCUT2D eigenvalue weighted by atomic mass is 9.91. The second-order valence-electron chi connectivity index (χ2n) is 5.33. The third-order valence-electron chi connectivity index (χ3n) is 2.04. The van der Waals surface area contributed by atoms with Crippen molar-refractivity contribution in [2.75, 3.05) is 0 Å². The molecule has 0 bridgehead atoms. The molecule has 5 heteroatoms. The third-order valence-corrected chi connectivity index (χ3v) is 2.04. The van der Waals surface area contributed by atoms with Gasteiger partial charge in [-0.05, 0) is 34.6 Å². The standard InChI is InChI=1S/C10H18N2O3/c1-9(2,3)15-8(14)11-12-7(13)6-10(12,4)5/h6H2,1-5H3,(H,11,14). The number of hydrogen-bond donors (Lipinski definition) is 1. The predicted octanol–water partition coefficient (Wildman–Crippen LogP) is 1.44. The van der Waals surface area contributed by atoms with Crippen molar-refractivity contribution in [1.29, 1.82) is 0 Å². The molecule has 0 aromatic heterocycles. The highest BCUT2D eigenvalue weighted by Gasteiger charge is 2.45. The Balaban J connectivity index is 2.49. The Morgan fingerprint density at radius 2 is 2.00 bits per heavy atom. The van der Waals surface area contributed by atoms with Crippen LogP contribution in [0.3, 0.4) is 0 Å². The van der Waals surface area contributed by atoms with Crippen molar-refractivity contribution < 1.29 is 14.3 Å². The number of carbonyl (C=O) groups excluding carboxylic acids is 2. The van der Waals surface area contributed by atoms with E-state index in [4.69, 9.17) is 4.74 Å². The van der Waals surface area contributed by atoms with Crippen molar-refractivity contribution in [3.05, 3.63) is 0 Å². The summed E-state index contributed by atoms with van der Waals surface area (Å²) in [5, 5.41) is 1.31. The van der Waals surface area contributed by atoms with E-state index in [1.165, 1.54) is 5.01 Å². The van der Waals surface area contributed by atoms with Crippen LogP contribution in [0.15, 0.2) is 0 Å². The number of amides is 2. The van der Waals surface area contributed by atoms with Crippen LogP contribution in [0.1, 0.15) is 41.0 Å². The Morgan fingerprint density at radius 3 is 2.33 bits per heavy atom. The zero-order chi connectivity index (χ0) is 11.9. The van der Waals surface area contributed by atoms with Crippen LogP contribution in [0.5, 0.6) is 0 Å². The van der Waals surface area contributed by atoms with Crippen molar-refractivity contribution in [2.24, 2.45) is 0 Å². The molecule has 0 aliphatic carbocycles. The Bertz CT molecular complexity index is 292. The highest BCUT2D eigenvalue weighted by molar-refractivity contribution is 5.86. The van der Waals surface area contributed by atoms with E-state index in [9.17, 15) is 9.59 Å². The largest absolute Gasteiger partial charge is 0.443 e. The van der Waals surface area contributed by atoms with Gasteiger partial charge >= 0.3 is 6.09 Å². The minimum atomic E-state index is -0.594. The minimum absolute atomic E-state index is 0.0918. The van der Waals surface area contributed by atoms with Gasteiger partial charge in [-0.25, -0.2) is 15.2 Å². The van der Waals surface area contributed by atoms with Crippen LogP contribution in [-0.4, -0.2) is 28.1 Å². The molecule has 0 atom stereocenters. The lowest BCUT2D eigenvalue weighted by Crippen LogP contribution is -2.67. The molecule has 1 rings (SSSR count). The average molecular weight is 214 g/mol. The van der Waals surface area contributed by atoms with Gasteiger partial charge in [-0.2, -0.15) is 0 Å². The zero-order valence-corrected chi connectivity index (χ0v) is 9.88. The summed E-state index contributed by atoms with van der Waals surface area (Å²) >= 11 is 0. The van der Waals surface area contributed by atoms with Crippen molar-refractivity contribution >= 4 is 12.0 Å². The molecular weight excluding hydrogens is 196 g/mol. The fraction of sp³-hybridized carbons (Fsp3) is 0.800. The Kier molecular flexibility index (Phi) is 2.67. The van der Waals surface area contributed by atoms with Gasteiger partial charge < -0.3 is 4.74 Å². The Labute approximate surface area is 89.7 Å². The summed E-state index contributed by atoms with van der Waals surface area (Å²) < 4.78 is 5.04. The van der Waals surface area contributed by atoms with Crippen molar-refractivity contribution in [1.82, 2.24) is 10.4 Å². The lowest BCUT2D eigenvalue weighted by Gasteiger charge is -2.46. The molecule has 0 saturated carbocycles. The smallest absolute Gasteiger partial charge is 0.426 e. The molecule has 0 spiro atoms. The molecule has 15 heavy (non-hydrogen) atoms. The fourth-order valence-electron chi connectivity index (χ4n) is 1.38. The van der Waals surface area contributed by atoms with Crippen LogP contribution in [0.2, 0.25) is 0 Å². The maximum Gasteiger partial charge on any atom is 0.426 e. The third kappa shape index (κ3) is 2.84. The van der Waals surface area contributed by atoms with Gasteiger partial charge in [0.05, 0.1) is 12.0 Å². The predicted molar refractivity (Wildman–Crippen MR) is 54.9 cm³/mol. The molecule has 0 radical (unpaired) electrons. The molecule has 0 aromatic rings. The van der Waals surface area contributed by atoms with Crippen molar-refractivity contribution in [3.8, 4) is 0 Å². The first kappa shape index (κ1) is 11.8. The molecule has 1 fully saturated rings. The van der Waals surface area contributed by atoms with Gasteiger partial charge in [0.25, 0.3) is 0 Å². The van der Waals surface area contributed by atoms with Gasteiger partial charge in [0.2, 0.25) is 5.91 Å². The van der Waals surface area contributed by atoms with E-state index < -0.39 is 11.7 Å². The molecule has 0 aromatic carbocycles. The second-order valence-corrected chi connectivity index (χ2v) is 5.33. The molecule has 2 amide bonds. The first-order valence-corrected chi connectivity index (χ1v) is 4.94. The maximum atomic E-state index is 11.4. The summed E-state index contributed by atoms with van der Waals surface area (Å²) in [6.07, 6.45) is -0.147. The highest BCUT2D eigenvalue weighted by atomic mass is 16.6. The number of carbonyl (C=O) groups is 2. The number of nitrogens with zero attached hydrogens (tertiary/aromatic N) is 1. The summed E-state index contributed by atoms with van der Waals surface area (Å²) in [5.41, 5.74) is 1.57. The first-order valence-electron chi connectivity index (χ1n) is 4.94. The second kappa shape index (κ2) is 3.40. The van der Waals surface area contributed by atoms with E-state index in [1.54, 1.807) is 20.8 Å². The molecule has 1 saturated heterocycles. The average Bonchev–Trinajstić information content (AvgIpc) is 1.96. The van der Waals surface area contributed by atoms with Gasteiger partial charge in [-0.3, -0.25) is 4.79 Å². The minimum Gasteiger partial charge on any atom is -0.443 e. The molecule has 1 aliphatic rings. The molecule has 5 nitrogen and oxygen atoms in total. The van der Waals surface area contributed by atoms with Crippen LogP contribution in [0.25, 0.3) is 0 Å². The Hall–Kier alpha value is -1.26. The van der Waals surface area contributed by atoms with Gasteiger partial charge in [0.15, 0.2) is 0 Å². The maximum absolute atomic E-state index is 11.4.